The maximum Gasteiger partial charge on any atom is 0.331 e. The number of nitrogens with one attached hydrogen (secondary N) is 1. The summed E-state index contributed by atoms with van der Waals surface area (Å²) < 4.78 is 15.3. The Labute approximate surface area is 173 Å². The molecule has 0 saturated carbocycles. The molecule has 0 atom stereocenters. The molecule has 0 unspecified atom stereocenters. The van der Waals surface area contributed by atoms with E-state index in [0.717, 1.165) is 5.56 Å². The summed E-state index contributed by atoms with van der Waals surface area (Å²) in [4.78, 5) is 23.6. The van der Waals surface area contributed by atoms with Crippen LogP contribution in [0.25, 0.3) is 6.08 Å². The Kier molecular flexibility index (Phi) is 8.54. The molecule has 0 aliphatic carbocycles. The van der Waals surface area contributed by atoms with E-state index in [-0.39, 0.29) is 13.2 Å². The molecule has 0 aliphatic heterocycles. The van der Waals surface area contributed by atoms with E-state index in [1.165, 1.54) is 19.3 Å². The molecule has 0 fully saturated rings. The minimum absolute atomic E-state index is 0.1000. The molecule has 2 rings (SSSR count). The van der Waals surface area contributed by atoms with Gasteiger partial charge in [-0.1, -0.05) is 29.8 Å². The lowest BCUT2D eigenvalue weighted by Gasteiger charge is -2.08. The molecule has 0 bridgehead atoms. The number of esters is 1. The van der Waals surface area contributed by atoms with Crippen molar-refractivity contribution >= 4 is 29.6 Å². The largest absolute Gasteiger partial charge is 0.493 e. The van der Waals surface area contributed by atoms with Gasteiger partial charge in [0.05, 0.1) is 7.11 Å². The van der Waals surface area contributed by atoms with E-state index in [9.17, 15) is 9.59 Å². The molecule has 1 amide bonds. The fourth-order valence-electron chi connectivity index (χ4n) is 2.26. The third-order valence-corrected chi connectivity index (χ3v) is 3.85. The molecule has 1 N–H and O–H groups in total. The average molecular weight is 415 g/mol. The average Bonchev–Trinajstić information content (AvgIpc) is 2.73. The number of benzene rings is 2. The molecular formula is C21H19ClN2O5. The molecule has 29 heavy (non-hydrogen) atoms. The molecule has 0 aromatic heterocycles. The number of carbonyl (C=O) groups excluding carboxylic acids is 2. The predicted octanol–water partition coefficient (Wildman–Crippen LogP) is 3.12. The fourth-order valence-corrected chi connectivity index (χ4v) is 2.48. The first-order chi connectivity index (χ1) is 14.0. The van der Waals surface area contributed by atoms with Gasteiger partial charge < -0.3 is 19.5 Å². The van der Waals surface area contributed by atoms with Crippen LogP contribution in [0.4, 0.5) is 0 Å². The minimum Gasteiger partial charge on any atom is -0.493 e. The third kappa shape index (κ3) is 7.56. The molecule has 0 heterocycles. The molecule has 150 valence electrons. The second kappa shape index (κ2) is 11.4. The third-order valence-electron chi connectivity index (χ3n) is 3.62. The van der Waals surface area contributed by atoms with Gasteiger partial charge >= 0.3 is 5.97 Å². The van der Waals surface area contributed by atoms with Gasteiger partial charge in [0, 0.05) is 17.6 Å². The van der Waals surface area contributed by atoms with Crippen LogP contribution in [-0.2, 0) is 20.9 Å². The Morgan fingerprint density at radius 3 is 2.76 bits per heavy atom. The summed E-state index contributed by atoms with van der Waals surface area (Å²) in [6.07, 6.45) is 2.72. The molecule has 0 aliphatic rings. The first-order valence-electron chi connectivity index (χ1n) is 8.55. The standard InChI is InChI=1S/C21H19ClN2O5/c1-27-19-12-15(5-7-18(19)28-10-9-23)6-8-21(26)29-14-20(25)24-13-16-3-2-4-17(22)11-16/h2-8,11-12H,10,13-14H2,1H3,(H,24,25)/b8-6+. The number of nitrogens with zero attached hydrogens (tertiary/aromatic N) is 1. The van der Waals surface area contributed by atoms with Gasteiger partial charge in [0.2, 0.25) is 0 Å². The summed E-state index contributed by atoms with van der Waals surface area (Å²) in [7, 11) is 1.47. The number of hydrogen-bond donors (Lipinski definition) is 1. The van der Waals surface area contributed by atoms with E-state index in [0.29, 0.717) is 22.1 Å². The monoisotopic (exact) mass is 414 g/mol. The Bertz CT molecular complexity index is 937. The number of amides is 1. The molecular weight excluding hydrogens is 396 g/mol. The molecule has 0 saturated heterocycles. The van der Waals surface area contributed by atoms with Crippen LogP contribution in [0.1, 0.15) is 11.1 Å². The van der Waals surface area contributed by atoms with E-state index < -0.39 is 18.5 Å². The van der Waals surface area contributed by atoms with Crippen LogP contribution in [0.3, 0.4) is 0 Å². The second-order valence-electron chi connectivity index (χ2n) is 5.70. The molecule has 2 aromatic carbocycles. The second-order valence-corrected chi connectivity index (χ2v) is 6.14. The number of nitriles is 1. The summed E-state index contributed by atoms with van der Waals surface area (Å²) in [6, 6.07) is 13.9. The van der Waals surface area contributed by atoms with E-state index in [2.05, 4.69) is 5.32 Å². The maximum atomic E-state index is 11.8. The highest BCUT2D eigenvalue weighted by molar-refractivity contribution is 6.30. The molecule has 2 aromatic rings. The lowest BCUT2D eigenvalue weighted by atomic mass is 10.2. The van der Waals surface area contributed by atoms with Crippen molar-refractivity contribution in [1.82, 2.24) is 5.32 Å². The number of hydrogen-bond acceptors (Lipinski definition) is 6. The lowest BCUT2D eigenvalue weighted by Crippen LogP contribution is -2.28. The van der Waals surface area contributed by atoms with Crippen molar-refractivity contribution in [3.8, 4) is 17.6 Å². The maximum absolute atomic E-state index is 11.8. The number of methoxy groups -OCH3 is 1. The van der Waals surface area contributed by atoms with Gasteiger partial charge in [0.15, 0.2) is 24.7 Å². The molecule has 8 heteroatoms. The van der Waals surface area contributed by atoms with E-state index >= 15 is 0 Å². The van der Waals surface area contributed by atoms with Crippen LogP contribution in [-0.4, -0.2) is 32.2 Å². The highest BCUT2D eigenvalue weighted by Gasteiger charge is 2.07. The van der Waals surface area contributed by atoms with Gasteiger partial charge in [0.25, 0.3) is 5.91 Å². The van der Waals surface area contributed by atoms with Crippen LogP contribution < -0.4 is 14.8 Å². The van der Waals surface area contributed by atoms with E-state index in [1.54, 1.807) is 36.4 Å². The van der Waals surface area contributed by atoms with Crippen molar-refractivity contribution < 1.29 is 23.8 Å². The predicted molar refractivity (Wildman–Crippen MR) is 107 cm³/mol. The number of carbonyl (C=O) groups is 2. The lowest BCUT2D eigenvalue weighted by molar-refractivity contribution is -0.143. The first kappa shape index (κ1) is 21.8. The van der Waals surface area contributed by atoms with E-state index in [1.807, 2.05) is 12.1 Å². The van der Waals surface area contributed by atoms with Gasteiger partial charge in [-0.2, -0.15) is 5.26 Å². The van der Waals surface area contributed by atoms with Crippen LogP contribution in [0.5, 0.6) is 11.5 Å². The Balaban J connectivity index is 1.81. The zero-order chi connectivity index (χ0) is 21.1. The summed E-state index contributed by atoms with van der Waals surface area (Å²) >= 11 is 5.88. The van der Waals surface area contributed by atoms with Gasteiger partial charge in [-0.3, -0.25) is 4.79 Å². The summed E-state index contributed by atoms with van der Waals surface area (Å²) in [6.45, 7) is -0.210. The Hall–Kier alpha value is -3.50. The summed E-state index contributed by atoms with van der Waals surface area (Å²) in [5.74, 6) is -0.236. The van der Waals surface area contributed by atoms with Gasteiger partial charge in [-0.25, -0.2) is 4.79 Å². The van der Waals surface area contributed by atoms with Crippen LogP contribution in [0.15, 0.2) is 48.5 Å². The summed E-state index contributed by atoms with van der Waals surface area (Å²) in [5.41, 5.74) is 1.50. The minimum atomic E-state index is -0.660. The van der Waals surface area contributed by atoms with E-state index in [4.69, 9.17) is 31.1 Å². The van der Waals surface area contributed by atoms with Crippen LogP contribution in [0, 0.1) is 11.3 Å². The van der Waals surface area contributed by atoms with Crippen molar-refractivity contribution in [2.45, 2.75) is 6.54 Å². The number of ether oxygens (including phenoxy) is 3. The molecule has 7 nitrogen and oxygen atoms in total. The number of rotatable bonds is 9. The van der Waals surface area contributed by atoms with Gasteiger partial charge in [-0.15, -0.1) is 0 Å². The molecule has 0 spiro atoms. The van der Waals surface area contributed by atoms with Crippen LogP contribution in [0.2, 0.25) is 5.02 Å². The van der Waals surface area contributed by atoms with Crippen molar-refractivity contribution in [3.05, 3.63) is 64.7 Å². The zero-order valence-electron chi connectivity index (χ0n) is 15.7. The van der Waals surface area contributed by atoms with Crippen molar-refractivity contribution in [1.29, 1.82) is 5.26 Å². The Morgan fingerprint density at radius 2 is 2.03 bits per heavy atom. The highest BCUT2D eigenvalue weighted by Crippen LogP contribution is 2.28. The highest BCUT2D eigenvalue weighted by atomic mass is 35.5. The van der Waals surface area contributed by atoms with Crippen molar-refractivity contribution in [2.75, 3.05) is 20.3 Å². The topological polar surface area (TPSA) is 97.7 Å². The Morgan fingerprint density at radius 1 is 1.21 bits per heavy atom. The number of halogens is 1. The summed E-state index contributed by atoms with van der Waals surface area (Å²) in [5, 5.41) is 11.8. The molecule has 0 radical (unpaired) electrons. The first-order valence-corrected chi connectivity index (χ1v) is 8.93. The van der Waals surface area contributed by atoms with Gasteiger partial charge in [0.1, 0.15) is 6.07 Å². The fraction of sp³-hybridized carbons (Fsp3) is 0.190. The van der Waals surface area contributed by atoms with Gasteiger partial charge in [-0.05, 0) is 41.5 Å². The van der Waals surface area contributed by atoms with Crippen molar-refractivity contribution in [3.63, 3.8) is 0 Å². The quantitative estimate of drug-likeness (QED) is 0.500. The van der Waals surface area contributed by atoms with Crippen LogP contribution >= 0.6 is 11.6 Å². The SMILES string of the molecule is COc1cc(/C=C/C(=O)OCC(=O)NCc2cccc(Cl)c2)ccc1OCC#N. The smallest absolute Gasteiger partial charge is 0.331 e. The zero-order valence-corrected chi connectivity index (χ0v) is 16.4. The normalized spacial score (nSPS) is 10.2. The van der Waals surface area contributed by atoms with Crippen molar-refractivity contribution in [2.24, 2.45) is 0 Å².